The summed E-state index contributed by atoms with van der Waals surface area (Å²) in [6.07, 6.45) is 2.41. The first kappa shape index (κ1) is 13.3. The van der Waals surface area contributed by atoms with E-state index in [1.54, 1.807) is 4.90 Å². The molecule has 1 N–H and O–H groups in total. The van der Waals surface area contributed by atoms with E-state index in [1.165, 1.54) is 0 Å². The van der Waals surface area contributed by atoms with E-state index in [1.807, 2.05) is 7.05 Å². The second kappa shape index (κ2) is 5.53. The first-order chi connectivity index (χ1) is 7.38. The van der Waals surface area contributed by atoms with Crippen LogP contribution >= 0.6 is 0 Å². The normalized spacial score (nSPS) is 20.9. The smallest absolute Gasteiger partial charge is 0.317 e. The number of nitrogens with zero attached hydrogens (tertiary/aromatic N) is 1. The van der Waals surface area contributed by atoms with Crippen molar-refractivity contribution >= 4 is 6.03 Å². The molecule has 1 unspecified atom stereocenters. The summed E-state index contributed by atoms with van der Waals surface area (Å²) in [4.78, 5) is 13.4. The van der Waals surface area contributed by atoms with Gasteiger partial charge in [0.1, 0.15) is 0 Å². The summed E-state index contributed by atoms with van der Waals surface area (Å²) >= 11 is 0. The van der Waals surface area contributed by atoms with E-state index in [2.05, 4.69) is 26.1 Å². The molecule has 2 amide bonds. The molecule has 16 heavy (non-hydrogen) atoms. The summed E-state index contributed by atoms with van der Waals surface area (Å²) in [7, 11) is 1.82. The average Bonchev–Trinajstić information content (AvgIpc) is 2.65. The third kappa shape index (κ3) is 4.84. The van der Waals surface area contributed by atoms with Gasteiger partial charge in [-0.05, 0) is 18.3 Å². The Morgan fingerprint density at radius 3 is 2.69 bits per heavy atom. The van der Waals surface area contributed by atoms with Gasteiger partial charge in [-0.15, -0.1) is 0 Å². The summed E-state index contributed by atoms with van der Waals surface area (Å²) in [5.74, 6) is 0. The van der Waals surface area contributed by atoms with Crippen LogP contribution in [0.15, 0.2) is 0 Å². The highest BCUT2D eigenvalue weighted by atomic mass is 16.5. The number of hydrogen-bond acceptors (Lipinski definition) is 2. The number of ether oxygens (including phenoxy) is 1. The van der Waals surface area contributed by atoms with Crippen LogP contribution in [-0.4, -0.2) is 43.8 Å². The lowest BCUT2D eigenvalue weighted by Crippen LogP contribution is -2.43. The number of urea groups is 1. The summed E-state index contributed by atoms with van der Waals surface area (Å²) in [5.41, 5.74) is 0.125. The molecule has 1 saturated heterocycles. The Hall–Kier alpha value is -0.770. The molecular formula is C12H24N2O2. The van der Waals surface area contributed by atoms with Crippen LogP contribution < -0.4 is 5.32 Å². The van der Waals surface area contributed by atoms with E-state index in [4.69, 9.17) is 4.74 Å². The summed E-state index contributed by atoms with van der Waals surface area (Å²) in [6, 6.07) is -0.00887. The lowest BCUT2D eigenvalue weighted by molar-refractivity contribution is 0.0871. The van der Waals surface area contributed by atoms with Crippen LogP contribution in [0, 0.1) is 5.41 Å². The van der Waals surface area contributed by atoms with Gasteiger partial charge in [0.25, 0.3) is 0 Å². The van der Waals surface area contributed by atoms with Crippen LogP contribution in [0.4, 0.5) is 4.79 Å². The maximum atomic E-state index is 11.7. The topological polar surface area (TPSA) is 41.6 Å². The predicted octanol–water partition coefficient (Wildman–Crippen LogP) is 1.85. The zero-order valence-corrected chi connectivity index (χ0v) is 10.9. The molecular weight excluding hydrogens is 204 g/mol. The highest BCUT2D eigenvalue weighted by Crippen LogP contribution is 2.13. The van der Waals surface area contributed by atoms with Crippen molar-refractivity contribution in [2.75, 3.05) is 26.7 Å². The number of amides is 2. The van der Waals surface area contributed by atoms with Gasteiger partial charge in [-0.2, -0.15) is 0 Å². The molecule has 1 rings (SSSR count). The maximum absolute atomic E-state index is 11.7. The molecule has 1 aliphatic heterocycles. The minimum Gasteiger partial charge on any atom is -0.376 e. The molecule has 4 heteroatoms. The van der Waals surface area contributed by atoms with Crippen molar-refractivity contribution in [3.8, 4) is 0 Å². The molecule has 0 radical (unpaired) electrons. The van der Waals surface area contributed by atoms with Crippen LogP contribution in [0.25, 0.3) is 0 Å². The Morgan fingerprint density at radius 2 is 2.19 bits per heavy atom. The summed E-state index contributed by atoms with van der Waals surface area (Å²) in [6.45, 7) is 8.54. The number of nitrogens with one attached hydrogen (secondary N) is 1. The Balaban J connectivity index is 2.24. The van der Waals surface area contributed by atoms with Crippen LogP contribution in [-0.2, 0) is 4.74 Å². The summed E-state index contributed by atoms with van der Waals surface area (Å²) < 4.78 is 5.50. The van der Waals surface area contributed by atoms with Gasteiger partial charge in [0.2, 0.25) is 0 Å². The van der Waals surface area contributed by atoms with Gasteiger partial charge < -0.3 is 15.0 Å². The molecule has 1 aliphatic rings. The van der Waals surface area contributed by atoms with Crippen molar-refractivity contribution in [1.29, 1.82) is 0 Å². The first-order valence-corrected chi connectivity index (χ1v) is 5.99. The largest absolute Gasteiger partial charge is 0.376 e. The SMILES string of the molecule is CN(CC1CCCO1)C(=O)NCC(C)(C)C. The predicted molar refractivity (Wildman–Crippen MR) is 64.5 cm³/mol. The van der Waals surface area contributed by atoms with Gasteiger partial charge in [-0.1, -0.05) is 20.8 Å². The fraction of sp³-hybridized carbons (Fsp3) is 0.917. The highest BCUT2D eigenvalue weighted by molar-refractivity contribution is 5.73. The van der Waals surface area contributed by atoms with Crippen LogP contribution in [0.3, 0.4) is 0 Å². The van der Waals surface area contributed by atoms with Crippen molar-refractivity contribution in [2.45, 2.75) is 39.7 Å². The fourth-order valence-electron chi connectivity index (χ4n) is 1.65. The number of carbonyl (C=O) groups excluding carboxylic acids is 1. The highest BCUT2D eigenvalue weighted by Gasteiger charge is 2.20. The van der Waals surface area contributed by atoms with Crippen molar-refractivity contribution in [2.24, 2.45) is 5.41 Å². The molecule has 1 heterocycles. The van der Waals surface area contributed by atoms with Gasteiger partial charge in [-0.3, -0.25) is 0 Å². The molecule has 0 aromatic carbocycles. The second-order valence-corrected chi connectivity index (χ2v) is 5.73. The minimum atomic E-state index is -0.00887. The van der Waals surface area contributed by atoms with Gasteiger partial charge in [0.05, 0.1) is 6.10 Å². The summed E-state index contributed by atoms with van der Waals surface area (Å²) in [5, 5.41) is 2.93. The lowest BCUT2D eigenvalue weighted by atomic mass is 9.97. The van der Waals surface area contributed by atoms with E-state index in [0.717, 1.165) is 19.4 Å². The van der Waals surface area contributed by atoms with Gasteiger partial charge in [0, 0.05) is 26.7 Å². The Labute approximate surface area is 98.3 Å². The Morgan fingerprint density at radius 1 is 1.50 bits per heavy atom. The van der Waals surface area contributed by atoms with E-state index in [0.29, 0.717) is 13.1 Å². The molecule has 1 atom stereocenters. The fourth-order valence-corrected chi connectivity index (χ4v) is 1.65. The average molecular weight is 228 g/mol. The lowest BCUT2D eigenvalue weighted by Gasteiger charge is -2.24. The third-order valence-corrected chi connectivity index (χ3v) is 2.62. The Kier molecular flexibility index (Phi) is 4.59. The van der Waals surface area contributed by atoms with Gasteiger partial charge in [-0.25, -0.2) is 4.79 Å². The molecule has 4 nitrogen and oxygen atoms in total. The van der Waals surface area contributed by atoms with Crippen molar-refractivity contribution in [3.63, 3.8) is 0 Å². The minimum absolute atomic E-state index is 0.00887. The van der Waals surface area contributed by atoms with Crippen molar-refractivity contribution in [1.82, 2.24) is 10.2 Å². The van der Waals surface area contributed by atoms with Gasteiger partial charge in [0.15, 0.2) is 0 Å². The molecule has 1 fully saturated rings. The zero-order chi connectivity index (χ0) is 12.2. The van der Waals surface area contributed by atoms with Crippen LogP contribution in [0.1, 0.15) is 33.6 Å². The zero-order valence-electron chi connectivity index (χ0n) is 10.9. The Bertz CT molecular complexity index is 230. The molecule has 0 aromatic rings. The molecule has 0 aromatic heterocycles. The van der Waals surface area contributed by atoms with E-state index in [-0.39, 0.29) is 17.6 Å². The quantitative estimate of drug-likeness (QED) is 0.801. The molecule has 0 bridgehead atoms. The molecule has 0 spiro atoms. The maximum Gasteiger partial charge on any atom is 0.317 e. The number of likely N-dealkylation sites (N-methyl/N-ethyl adjacent to an activating group) is 1. The third-order valence-electron chi connectivity index (χ3n) is 2.62. The van der Waals surface area contributed by atoms with Gasteiger partial charge >= 0.3 is 6.03 Å². The van der Waals surface area contributed by atoms with Crippen LogP contribution in [0.5, 0.6) is 0 Å². The number of carbonyl (C=O) groups is 1. The van der Waals surface area contributed by atoms with Crippen LogP contribution in [0.2, 0.25) is 0 Å². The molecule has 94 valence electrons. The monoisotopic (exact) mass is 228 g/mol. The first-order valence-electron chi connectivity index (χ1n) is 5.99. The van der Waals surface area contributed by atoms with E-state index in [9.17, 15) is 4.79 Å². The van der Waals surface area contributed by atoms with Crippen molar-refractivity contribution < 1.29 is 9.53 Å². The number of hydrogen-bond donors (Lipinski definition) is 1. The number of rotatable bonds is 3. The standard InChI is InChI=1S/C12H24N2O2/c1-12(2,3)9-13-11(15)14(4)8-10-6-5-7-16-10/h10H,5-9H2,1-4H3,(H,13,15). The van der Waals surface area contributed by atoms with E-state index < -0.39 is 0 Å². The van der Waals surface area contributed by atoms with Crippen molar-refractivity contribution in [3.05, 3.63) is 0 Å². The molecule has 0 saturated carbocycles. The van der Waals surface area contributed by atoms with E-state index >= 15 is 0 Å². The second-order valence-electron chi connectivity index (χ2n) is 5.73. The molecule has 0 aliphatic carbocycles.